The van der Waals surface area contributed by atoms with Gasteiger partial charge in [0.25, 0.3) is 0 Å². The van der Waals surface area contributed by atoms with E-state index in [2.05, 4.69) is 5.32 Å². The zero-order valence-corrected chi connectivity index (χ0v) is 15.7. The highest BCUT2D eigenvalue weighted by Crippen LogP contribution is 2.64. The topological polar surface area (TPSA) is 47.6 Å². The number of hydrogen-bond donors (Lipinski definition) is 1. The largest absolute Gasteiger partial charge is 0.493 e. The summed E-state index contributed by atoms with van der Waals surface area (Å²) in [5, 5.41) is 3.13. The average molecular weight is 364 g/mol. The Morgan fingerprint density at radius 1 is 1.24 bits per heavy atom. The summed E-state index contributed by atoms with van der Waals surface area (Å²) in [5.74, 6) is 2.67. The van der Waals surface area contributed by atoms with Crippen molar-refractivity contribution in [3.05, 3.63) is 18.2 Å². The third-order valence-corrected chi connectivity index (χ3v) is 6.63. The van der Waals surface area contributed by atoms with E-state index in [4.69, 9.17) is 21.1 Å². The molecule has 0 spiro atoms. The van der Waals surface area contributed by atoms with Crippen LogP contribution in [-0.4, -0.2) is 24.5 Å². The number of halogens is 1. The van der Waals surface area contributed by atoms with Crippen LogP contribution in [-0.2, 0) is 4.79 Å². The SMILES string of the molecule is CCOc1ccc(NC(=O)C23C[C@H]4C[C@@H](CC(Cl)(C4)C2)C3)cc1OC. The van der Waals surface area contributed by atoms with Gasteiger partial charge in [-0.05, 0) is 69.4 Å². The van der Waals surface area contributed by atoms with Crippen molar-refractivity contribution < 1.29 is 14.3 Å². The van der Waals surface area contributed by atoms with Gasteiger partial charge in [0.2, 0.25) is 5.91 Å². The second kappa shape index (κ2) is 6.08. The van der Waals surface area contributed by atoms with Crippen LogP contribution < -0.4 is 14.8 Å². The monoisotopic (exact) mass is 363 g/mol. The molecule has 25 heavy (non-hydrogen) atoms. The molecule has 0 heterocycles. The summed E-state index contributed by atoms with van der Waals surface area (Å²) < 4.78 is 10.9. The molecule has 4 fully saturated rings. The van der Waals surface area contributed by atoms with E-state index in [1.807, 2.05) is 25.1 Å². The molecule has 0 unspecified atom stereocenters. The number of carbonyl (C=O) groups excluding carboxylic acids is 1. The van der Waals surface area contributed by atoms with Gasteiger partial charge < -0.3 is 14.8 Å². The maximum Gasteiger partial charge on any atom is 0.230 e. The number of alkyl halides is 1. The van der Waals surface area contributed by atoms with E-state index in [1.54, 1.807) is 7.11 Å². The number of anilines is 1. The van der Waals surface area contributed by atoms with Crippen molar-refractivity contribution in [2.75, 3.05) is 19.0 Å². The number of methoxy groups -OCH3 is 1. The van der Waals surface area contributed by atoms with Gasteiger partial charge in [0.05, 0.1) is 19.1 Å². The summed E-state index contributed by atoms with van der Waals surface area (Å²) >= 11 is 6.85. The van der Waals surface area contributed by atoms with Gasteiger partial charge in [-0.2, -0.15) is 0 Å². The minimum atomic E-state index is -0.294. The van der Waals surface area contributed by atoms with Crippen LogP contribution in [0.1, 0.15) is 45.4 Å². The quantitative estimate of drug-likeness (QED) is 0.777. The smallest absolute Gasteiger partial charge is 0.230 e. The predicted octanol–water partition coefficient (Wildman–Crippen LogP) is 4.61. The molecule has 1 aromatic carbocycles. The third-order valence-electron chi connectivity index (χ3n) is 6.19. The first-order valence-corrected chi connectivity index (χ1v) is 9.64. The fourth-order valence-electron chi connectivity index (χ4n) is 5.70. The van der Waals surface area contributed by atoms with Gasteiger partial charge >= 0.3 is 0 Å². The normalized spacial score (nSPS) is 35.5. The second-order valence-electron chi connectivity index (χ2n) is 8.15. The predicted molar refractivity (Wildman–Crippen MR) is 98.5 cm³/mol. The van der Waals surface area contributed by atoms with Crippen LogP contribution in [0.3, 0.4) is 0 Å². The summed E-state index contributed by atoms with van der Waals surface area (Å²) in [7, 11) is 1.61. The van der Waals surface area contributed by atoms with E-state index < -0.39 is 0 Å². The molecule has 0 aromatic heterocycles. The van der Waals surface area contributed by atoms with Crippen molar-refractivity contribution >= 4 is 23.2 Å². The minimum Gasteiger partial charge on any atom is -0.493 e. The molecule has 1 N–H and O–H groups in total. The van der Waals surface area contributed by atoms with Gasteiger partial charge in [-0.25, -0.2) is 0 Å². The summed E-state index contributed by atoms with van der Waals surface area (Å²) in [6.45, 7) is 2.51. The Morgan fingerprint density at radius 3 is 2.56 bits per heavy atom. The van der Waals surface area contributed by atoms with Crippen LogP contribution in [0.25, 0.3) is 0 Å². The zero-order chi connectivity index (χ0) is 17.7. The first-order valence-electron chi connectivity index (χ1n) is 9.26. The van der Waals surface area contributed by atoms with Crippen molar-refractivity contribution in [3.63, 3.8) is 0 Å². The van der Waals surface area contributed by atoms with E-state index in [0.717, 1.165) is 37.8 Å². The number of rotatable bonds is 5. The molecule has 0 saturated heterocycles. The van der Waals surface area contributed by atoms with Crippen LogP contribution in [0.2, 0.25) is 0 Å². The average Bonchev–Trinajstić information content (AvgIpc) is 2.54. The molecule has 5 heteroatoms. The maximum atomic E-state index is 13.2. The zero-order valence-electron chi connectivity index (χ0n) is 14.9. The van der Waals surface area contributed by atoms with Gasteiger partial charge in [-0.15, -0.1) is 11.6 Å². The van der Waals surface area contributed by atoms with E-state index in [0.29, 0.717) is 29.9 Å². The lowest BCUT2D eigenvalue weighted by Gasteiger charge is -2.59. The summed E-state index contributed by atoms with van der Waals surface area (Å²) in [4.78, 5) is 13.0. The van der Waals surface area contributed by atoms with Crippen LogP contribution >= 0.6 is 11.6 Å². The number of hydrogen-bond acceptors (Lipinski definition) is 3. The van der Waals surface area contributed by atoms with Gasteiger partial charge in [-0.1, -0.05) is 0 Å². The molecule has 4 bridgehead atoms. The van der Waals surface area contributed by atoms with Gasteiger partial charge in [0, 0.05) is 16.6 Å². The summed E-state index contributed by atoms with van der Waals surface area (Å²) in [5.41, 5.74) is 0.460. The number of benzene rings is 1. The standard InChI is InChI=1S/C20H26ClNO3/c1-3-25-16-5-4-15(7-17(16)24-2)22-18(23)19-8-13-6-14(9-19)11-20(21,10-13)12-19/h4-5,7,13-14H,3,6,8-12H2,1-2H3,(H,22,23)/t13-,14-,19?,20?/m1/s1. The van der Waals surface area contributed by atoms with Crippen molar-refractivity contribution in [1.82, 2.24) is 0 Å². The number of ether oxygens (including phenoxy) is 2. The van der Waals surface area contributed by atoms with E-state index in [1.165, 1.54) is 6.42 Å². The highest BCUT2D eigenvalue weighted by Gasteiger charge is 2.60. The molecule has 0 radical (unpaired) electrons. The number of amides is 1. The lowest BCUT2D eigenvalue weighted by Crippen LogP contribution is -2.57. The Morgan fingerprint density at radius 2 is 1.96 bits per heavy atom. The Balaban J connectivity index is 1.54. The summed E-state index contributed by atoms with van der Waals surface area (Å²) in [6, 6.07) is 5.56. The van der Waals surface area contributed by atoms with Crippen LogP contribution in [0, 0.1) is 17.3 Å². The van der Waals surface area contributed by atoms with Gasteiger partial charge in [-0.3, -0.25) is 4.79 Å². The molecule has 4 nitrogen and oxygen atoms in total. The number of nitrogens with one attached hydrogen (secondary N) is 1. The first kappa shape index (κ1) is 17.0. The fraction of sp³-hybridized carbons (Fsp3) is 0.650. The molecule has 2 atom stereocenters. The molecule has 0 aliphatic heterocycles. The van der Waals surface area contributed by atoms with Crippen LogP contribution in [0.5, 0.6) is 11.5 Å². The molecule has 4 aliphatic rings. The van der Waals surface area contributed by atoms with Crippen molar-refractivity contribution in [3.8, 4) is 11.5 Å². The maximum absolute atomic E-state index is 13.2. The van der Waals surface area contributed by atoms with Gasteiger partial charge in [0.15, 0.2) is 11.5 Å². The fourth-order valence-corrected chi connectivity index (χ4v) is 6.39. The van der Waals surface area contributed by atoms with E-state index >= 15 is 0 Å². The molecule has 4 saturated carbocycles. The van der Waals surface area contributed by atoms with Crippen molar-refractivity contribution in [2.24, 2.45) is 17.3 Å². The van der Waals surface area contributed by atoms with E-state index in [9.17, 15) is 4.79 Å². The molecule has 1 amide bonds. The highest BCUT2D eigenvalue weighted by molar-refractivity contribution is 6.24. The van der Waals surface area contributed by atoms with Crippen molar-refractivity contribution in [2.45, 2.75) is 50.3 Å². The molecule has 4 aliphatic carbocycles. The second-order valence-corrected chi connectivity index (χ2v) is 8.95. The molecule has 136 valence electrons. The lowest BCUT2D eigenvalue weighted by atomic mass is 9.49. The minimum absolute atomic E-state index is 0.123. The van der Waals surface area contributed by atoms with Gasteiger partial charge in [0.1, 0.15) is 0 Å². The Kier molecular flexibility index (Phi) is 4.14. The third kappa shape index (κ3) is 2.99. The summed E-state index contributed by atoms with van der Waals surface area (Å²) in [6.07, 6.45) is 6.19. The molecular weight excluding hydrogens is 338 g/mol. The van der Waals surface area contributed by atoms with Crippen molar-refractivity contribution in [1.29, 1.82) is 0 Å². The Bertz CT molecular complexity index is 676. The molecule has 5 rings (SSSR count). The number of carbonyl (C=O) groups is 1. The Hall–Kier alpha value is -1.42. The Labute approximate surface area is 154 Å². The molecule has 1 aromatic rings. The molecular formula is C20H26ClNO3. The van der Waals surface area contributed by atoms with Crippen LogP contribution in [0.4, 0.5) is 5.69 Å². The van der Waals surface area contributed by atoms with E-state index in [-0.39, 0.29) is 16.2 Å². The highest BCUT2D eigenvalue weighted by atomic mass is 35.5. The van der Waals surface area contributed by atoms with Crippen LogP contribution in [0.15, 0.2) is 18.2 Å². The lowest BCUT2D eigenvalue weighted by molar-refractivity contribution is -0.138. The first-order chi connectivity index (χ1) is 12.0.